The van der Waals surface area contributed by atoms with E-state index in [2.05, 4.69) is 15.0 Å². The van der Waals surface area contributed by atoms with Gasteiger partial charge in [-0.2, -0.15) is 0 Å². The second-order valence-electron chi connectivity index (χ2n) is 6.61. The lowest BCUT2D eigenvalue weighted by Gasteiger charge is -2.38. The minimum absolute atomic E-state index is 0.0242. The first kappa shape index (κ1) is 17.0. The van der Waals surface area contributed by atoms with E-state index in [0.717, 1.165) is 5.56 Å². The van der Waals surface area contributed by atoms with Gasteiger partial charge in [-0.1, -0.05) is 5.16 Å². The van der Waals surface area contributed by atoms with E-state index in [4.69, 9.17) is 9.26 Å². The van der Waals surface area contributed by atoms with Crippen LogP contribution in [-0.2, 0) is 4.74 Å². The predicted molar refractivity (Wildman–Crippen MR) is 99.0 cm³/mol. The number of aryl methyl sites for hydroxylation is 1. The van der Waals surface area contributed by atoms with Crippen LogP contribution in [0.25, 0.3) is 21.7 Å². The van der Waals surface area contributed by atoms with Gasteiger partial charge in [0.25, 0.3) is 0 Å². The van der Waals surface area contributed by atoms with E-state index in [1.165, 1.54) is 11.3 Å². The third kappa shape index (κ3) is 2.75. The van der Waals surface area contributed by atoms with E-state index in [1.54, 1.807) is 12.3 Å². The molecule has 0 bridgehead atoms. The summed E-state index contributed by atoms with van der Waals surface area (Å²) >= 11 is 1.44. The topological polar surface area (TPSA) is 88.7 Å². The summed E-state index contributed by atoms with van der Waals surface area (Å²) in [6, 6.07) is 1.65. The molecule has 136 valence electrons. The highest BCUT2D eigenvalue weighted by atomic mass is 32.1. The number of benzene rings is 1. The van der Waals surface area contributed by atoms with Crippen LogP contribution >= 0.6 is 11.3 Å². The molecule has 1 aromatic carbocycles. The minimum Gasteiger partial charge on any atom is -0.478 e. The maximum Gasteiger partial charge on any atom is 0.337 e. The van der Waals surface area contributed by atoms with Gasteiger partial charge in [-0.25, -0.2) is 9.78 Å². The molecule has 1 N–H and O–H groups in total. The van der Waals surface area contributed by atoms with Crippen molar-refractivity contribution in [1.29, 1.82) is 0 Å². The van der Waals surface area contributed by atoms with E-state index >= 15 is 0 Å². The average Bonchev–Trinajstić information content (AvgIpc) is 3.22. The van der Waals surface area contributed by atoms with E-state index in [9.17, 15) is 9.90 Å². The number of rotatable bonds is 3. The molecule has 26 heavy (non-hydrogen) atoms. The fraction of sp³-hybridized carbons (Fsp3) is 0.389. The van der Waals surface area contributed by atoms with E-state index in [0.29, 0.717) is 40.4 Å². The van der Waals surface area contributed by atoms with Crippen LogP contribution in [0.15, 0.2) is 22.2 Å². The Bertz CT molecular complexity index is 957. The van der Waals surface area contributed by atoms with Gasteiger partial charge < -0.3 is 19.3 Å². The molecule has 2 aromatic heterocycles. The first-order valence-electron chi connectivity index (χ1n) is 8.42. The number of carboxylic acid groups (broad SMARTS) is 1. The smallest absolute Gasteiger partial charge is 0.337 e. The highest BCUT2D eigenvalue weighted by Gasteiger charge is 2.29. The highest BCUT2D eigenvalue weighted by Crippen LogP contribution is 2.38. The van der Waals surface area contributed by atoms with Crippen LogP contribution in [-0.4, -0.2) is 46.5 Å². The number of nitrogens with zero attached hydrogens (tertiary/aromatic N) is 3. The zero-order valence-electron chi connectivity index (χ0n) is 14.7. The van der Waals surface area contributed by atoms with Crippen LogP contribution in [0.1, 0.15) is 29.8 Å². The third-order valence-electron chi connectivity index (χ3n) is 4.57. The SMILES string of the molecule is Cc1c(N2CC(C)OC(C)C2)c(C(=O)O)cc2c(-c3nccs3)noc12. The summed E-state index contributed by atoms with van der Waals surface area (Å²) in [6.45, 7) is 7.12. The highest BCUT2D eigenvalue weighted by molar-refractivity contribution is 7.13. The zero-order valence-corrected chi connectivity index (χ0v) is 15.5. The standard InChI is InChI=1S/C18H19N3O4S/c1-9-7-21(8-10(2)24-9)15-11(3)16-12(6-13(15)18(22)23)14(20-25-16)17-19-4-5-26-17/h4-6,9-10H,7-8H2,1-3H3,(H,22,23). The van der Waals surface area contributed by atoms with Crippen molar-refractivity contribution in [2.75, 3.05) is 18.0 Å². The van der Waals surface area contributed by atoms with Crippen molar-refractivity contribution >= 4 is 34.0 Å². The lowest BCUT2D eigenvalue weighted by atomic mass is 10.0. The van der Waals surface area contributed by atoms with E-state index in [1.807, 2.05) is 26.2 Å². The molecule has 8 heteroatoms. The van der Waals surface area contributed by atoms with Crippen molar-refractivity contribution in [3.05, 3.63) is 28.8 Å². The monoisotopic (exact) mass is 373 g/mol. The summed E-state index contributed by atoms with van der Waals surface area (Å²) in [5.41, 5.74) is 2.88. The molecule has 2 atom stereocenters. The number of ether oxygens (including phenoxy) is 1. The van der Waals surface area contributed by atoms with Gasteiger partial charge >= 0.3 is 5.97 Å². The molecule has 0 saturated carbocycles. The number of aromatic carboxylic acids is 1. The Morgan fingerprint density at radius 1 is 1.35 bits per heavy atom. The number of aromatic nitrogens is 2. The Morgan fingerprint density at radius 2 is 2.08 bits per heavy atom. The average molecular weight is 373 g/mol. The second kappa shape index (κ2) is 6.37. The number of thiazole rings is 1. The molecule has 1 fully saturated rings. The maximum atomic E-state index is 12.0. The minimum atomic E-state index is -0.969. The molecule has 4 rings (SSSR count). The number of carboxylic acids is 1. The quantitative estimate of drug-likeness (QED) is 0.751. The van der Waals surface area contributed by atoms with Gasteiger partial charge in [-0.15, -0.1) is 11.3 Å². The summed E-state index contributed by atoms with van der Waals surface area (Å²) < 4.78 is 11.4. The van der Waals surface area contributed by atoms with Gasteiger partial charge in [-0.3, -0.25) is 0 Å². The number of carbonyl (C=O) groups is 1. The van der Waals surface area contributed by atoms with Gasteiger partial charge in [-0.05, 0) is 26.8 Å². The molecule has 0 radical (unpaired) electrons. The summed E-state index contributed by atoms with van der Waals surface area (Å²) in [6.07, 6.45) is 1.74. The van der Waals surface area contributed by atoms with Crippen molar-refractivity contribution in [3.63, 3.8) is 0 Å². The van der Waals surface area contributed by atoms with Crippen LogP contribution in [0.2, 0.25) is 0 Å². The molecule has 1 aliphatic rings. The van der Waals surface area contributed by atoms with Crippen LogP contribution in [0.5, 0.6) is 0 Å². The molecule has 3 heterocycles. The molecule has 1 saturated heterocycles. The molecule has 2 unspecified atom stereocenters. The van der Waals surface area contributed by atoms with Crippen molar-refractivity contribution in [2.24, 2.45) is 0 Å². The number of morpholine rings is 1. The van der Waals surface area contributed by atoms with Gasteiger partial charge in [0.1, 0.15) is 10.7 Å². The molecule has 0 amide bonds. The summed E-state index contributed by atoms with van der Waals surface area (Å²) in [7, 11) is 0. The summed E-state index contributed by atoms with van der Waals surface area (Å²) in [5, 5.41) is 17.2. The van der Waals surface area contributed by atoms with E-state index < -0.39 is 5.97 Å². The second-order valence-corrected chi connectivity index (χ2v) is 7.50. The Kier molecular flexibility index (Phi) is 4.16. The normalized spacial score (nSPS) is 20.7. The van der Waals surface area contributed by atoms with Crippen molar-refractivity contribution in [3.8, 4) is 10.7 Å². The van der Waals surface area contributed by atoms with Crippen LogP contribution in [0.4, 0.5) is 5.69 Å². The Morgan fingerprint density at radius 3 is 2.69 bits per heavy atom. The van der Waals surface area contributed by atoms with E-state index in [-0.39, 0.29) is 17.8 Å². The Hall–Kier alpha value is -2.45. The molecule has 1 aliphatic heterocycles. The van der Waals surface area contributed by atoms with Crippen LogP contribution in [0, 0.1) is 6.92 Å². The zero-order chi connectivity index (χ0) is 18.4. The van der Waals surface area contributed by atoms with Crippen LogP contribution in [0.3, 0.4) is 0 Å². The maximum absolute atomic E-state index is 12.0. The molecule has 0 aliphatic carbocycles. The number of hydrogen-bond donors (Lipinski definition) is 1. The van der Waals surface area contributed by atoms with Gasteiger partial charge in [0.15, 0.2) is 5.58 Å². The Labute approximate surface area is 154 Å². The van der Waals surface area contributed by atoms with Gasteiger partial charge in [0.05, 0.1) is 28.8 Å². The number of fused-ring (bicyclic) bond motifs is 1. The first-order valence-corrected chi connectivity index (χ1v) is 9.30. The molecule has 0 spiro atoms. The van der Waals surface area contributed by atoms with Crippen LogP contribution < -0.4 is 4.90 Å². The fourth-order valence-corrected chi connectivity index (χ4v) is 4.28. The molecule has 7 nitrogen and oxygen atoms in total. The van der Waals surface area contributed by atoms with Gasteiger partial charge in [0.2, 0.25) is 0 Å². The Balaban J connectivity index is 1.92. The van der Waals surface area contributed by atoms with Gasteiger partial charge in [0, 0.05) is 30.2 Å². The number of anilines is 1. The largest absolute Gasteiger partial charge is 0.478 e. The molecule has 3 aromatic rings. The predicted octanol–water partition coefficient (Wildman–Crippen LogP) is 3.57. The summed E-state index contributed by atoms with van der Waals surface area (Å²) in [5.74, 6) is -0.969. The lowest BCUT2D eigenvalue weighted by molar-refractivity contribution is -0.00534. The number of hydrogen-bond acceptors (Lipinski definition) is 7. The van der Waals surface area contributed by atoms with Crippen molar-refractivity contribution < 1.29 is 19.2 Å². The third-order valence-corrected chi connectivity index (χ3v) is 5.35. The van der Waals surface area contributed by atoms with Crippen molar-refractivity contribution in [1.82, 2.24) is 10.1 Å². The van der Waals surface area contributed by atoms with Crippen molar-refractivity contribution in [2.45, 2.75) is 33.0 Å². The molecular formula is C18H19N3O4S. The fourth-order valence-electron chi connectivity index (χ4n) is 3.65. The molecular weight excluding hydrogens is 354 g/mol. The first-order chi connectivity index (χ1) is 12.5. The lowest BCUT2D eigenvalue weighted by Crippen LogP contribution is -2.46. The summed E-state index contributed by atoms with van der Waals surface area (Å²) in [4.78, 5) is 18.4.